The Kier molecular flexibility index (Phi) is 3.13. The summed E-state index contributed by atoms with van der Waals surface area (Å²) in [5.41, 5.74) is 1.75. The first kappa shape index (κ1) is 10.3. The average Bonchev–Trinajstić information content (AvgIpc) is 3.10. The van der Waals surface area contributed by atoms with E-state index in [-0.39, 0.29) is 5.78 Å². The van der Waals surface area contributed by atoms with Gasteiger partial charge in [0.15, 0.2) is 5.78 Å². The molecule has 0 radical (unpaired) electrons. The summed E-state index contributed by atoms with van der Waals surface area (Å²) < 4.78 is 0. The van der Waals surface area contributed by atoms with E-state index < -0.39 is 0 Å². The van der Waals surface area contributed by atoms with Gasteiger partial charge < -0.3 is 0 Å². The van der Waals surface area contributed by atoms with E-state index >= 15 is 0 Å². The smallest absolute Gasteiger partial charge is 0.165 e. The van der Waals surface area contributed by atoms with Crippen LogP contribution in [-0.4, -0.2) is 11.5 Å². The fourth-order valence-electron chi connectivity index (χ4n) is 1.44. The van der Waals surface area contributed by atoms with Gasteiger partial charge in [0, 0.05) is 17.0 Å². The Labute approximate surface area is 95.3 Å². The van der Waals surface area contributed by atoms with Gasteiger partial charge in [-0.05, 0) is 25.0 Å². The maximum atomic E-state index is 11.7. The van der Waals surface area contributed by atoms with Gasteiger partial charge in [-0.25, -0.2) is 0 Å². The van der Waals surface area contributed by atoms with Gasteiger partial charge in [0.1, 0.15) is 0 Å². The Morgan fingerprint density at radius 2 is 2.00 bits per heavy atom. The van der Waals surface area contributed by atoms with E-state index in [1.54, 1.807) is 0 Å². The fourth-order valence-corrected chi connectivity index (χ4v) is 1.52. The number of ketones is 1. The van der Waals surface area contributed by atoms with E-state index in [9.17, 15) is 4.79 Å². The Morgan fingerprint density at radius 1 is 1.33 bits per heavy atom. The molecular formula is C13H12OS. The van der Waals surface area contributed by atoms with Crippen molar-refractivity contribution in [3.8, 4) is 11.8 Å². The zero-order chi connectivity index (χ0) is 10.7. The number of benzene rings is 1. The van der Waals surface area contributed by atoms with Crippen LogP contribution in [-0.2, 0) is 0 Å². The molecule has 0 saturated heterocycles. The summed E-state index contributed by atoms with van der Waals surface area (Å²) in [5.74, 6) is 6.98. The molecule has 0 N–H and O–H groups in total. The van der Waals surface area contributed by atoms with Crippen molar-refractivity contribution in [1.82, 2.24) is 0 Å². The predicted molar refractivity (Wildman–Crippen MR) is 64.2 cm³/mol. The highest BCUT2D eigenvalue weighted by atomic mass is 32.1. The van der Waals surface area contributed by atoms with Crippen molar-refractivity contribution in [3.05, 3.63) is 35.4 Å². The molecule has 0 bridgehead atoms. The Morgan fingerprint density at radius 3 is 2.53 bits per heavy atom. The summed E-state index contributed by atoms with van der Waals surface area (Å²) in [7, 11) is 0. The lowest BCUT2D eigenvalue weighted by atomic mass is 10.1. The monoisotopic (exact) mass is 216 g/mol. The third-order valence-corrected chi connectivity index (χ3v) is 2.59. The molecule has 0 aliphatic heterocycles. The van der Waals surface area contributed by atoms with Crippen LogP contribution in [0.2, 0.25) is 0 Å². The zero-order valence-corrected chi connectivity index (χ0v) is 9.26. The second-order valence-electron chi connectivity index (χ2n) is 3.68. The number of Topliss-reactive ketones (excluding diaryl/α,β-unsaturated/α-hetero) is 1. The van der Waals surface area contributed by atoms with Crippen LogP contribution < -0.4 is 0 Å². The van der Waals surface area contributed by atoms with E-state index in [1.807, 2.05) is 24.3 Å². The minimum atomic E-state index is 0.281. The molecule has 0 heterocycles. The van der Waals surface area contributed by atoms with Crippen molar-refractivity contribution in [1.29, 1.82) is 0 Å². The van der Waals surface area contributed by atoms with Crippen LogP contribution in [0.3, 0.4) is 0 Å². The van der Waals surface area contributed by atoms with Gasteiger partial charge in [0.2, 0.25) is 0 Å². The number of hydrogen-bond acceptors (Lipinski definition) is 2. The summed E-state index contributed by atoms with van der Waals surface area (Å²) in [6.07, 6.45) is 2.11. The molecule has 2 heteroatoms. The van der Waals surface area contributed by atoms with Crippen LogP contribution in [0.5, 0.6) is 0 Å². The van der Waals surface area contributed by atoms with Crippen LogP contribution in [0.15, 0.2) is 24.3 Å². The van der Waals surface area contributed by atoms with Crippen LogP contribution in [0.1, 0.15) is 28.8 Å². The second-order valence-corrected chi connectivity index (χ2v) is 3.99. The lowest BCUT2D eigenvalue weighted by Gasteiger charge is -1.98. The van der Waals surface area contributed by atoms with Gasteiger partial charge in [-0.1, -0.05) is 24.0 Å². The molecule has 1 aliphatic carbocycles. The maximum absolute atomic E-state index is 11.7. The molecule has 1 aromatic carbocycles. The number of rotatable bonds is 2. The van der Waals surface area contributed by atoms with E-state index in [0.717, 1.165) is 24.0 Å². The molecule has 0 atom stereocenters. The minimum absolute atomic E-state index is 0.281. The molecule has 0 unspecified atom stereocenters. The first-order valence-electron chi connectivity index (χ1n) is 5.05. The van der Waals surface area contributed by atoms with Gasteiger partial charge in [-0.3, -0.25) is 4.79 Å². The molecule has 76 valence electrons. The van der Waals surface area contributed by atoms with Crippen LogP contribution in [0.4, 0.5) is 0 Å². The van der Waals surface area contributed by atoms with Crippen LogP contribution in [0.25, 0.3) is 0 Å². The van der Waals surface area contributed by atoms with Crippen LogP contribution in [0, 0.1) is 17.8 Å². The minimum Gasteiger partial charge on any atom is -0.294 e. The van der Waals surface area contributed by atoms with Gasteiger partial charge >= 0.3 is 0 Å². The summed E-state index contributed by atoms with van der Waals surface area (Å²) in [5, 5.41) is 0. The average molecular weight is 216 g/mol. The summed E-state index contributed by atoms with van der Waals surface area (Å²) in [6, 6.07) is 7.52. The Hall–Kier alpha value is -1.20. The Balaban J connectivity index is 2.12. The van der Waals surface area contributed by atoms with E-state index in [1.165, 1.54) is 0 Å². The molecule has 1 aliphatic rings. The molecule has 15 heavy (non-hydrogen) atoms. The van der Waals surface area contributed by atoms with Gasteiger partial charge in [0.05, 0.1) is 5.75 Å². The van der Waals surface area contributed by atoms with Gasteiger partial charge in [0.25, 0.3) is 0 Å². The lowest BCUT2D eigenvalue weighted by Crippen LogP contribution is -2.00. The molecule has 0 amide bonds. The molecule has 1 nitrogen and oxygen atoms in total. The van der Waals surface area contributed by atoms with Gasteiger partial charge in [-0.2, -0.15) is 12.6 Å². The third-order valence-electron chi connectivity index (χ3n) is 2.43. The van der Waals surface area contributed by atoms with E-state index in [2.05, 4.69) is 24.5 Å². The normalized spacial score (nSPS) is 14.2. The third kappa shape index (κ3) is 2.64. The fraction of sp³-hybridized carbons (Fsp3) is 0.308. The van der Waals surface area contributed by atoms with E-state index in [4.69, 9.17) is 0 Å². The molecule has 1 saturated carbocycles. The highest BCUT2D eigenvalue weighted by molar-refractivity contribution is 7.80. The summed E-state index contributed by atoms with van der Waals surface area (Å²) >= 11 is 4.01. The first-order chi connectivity index (χ1) is 7.31. The number of thiol groups is 1. The number of carbonyl (C=O) groups is 1. The SMILES string of the molecule is O=C(c1ccc(C#CCS)cc1)C1CC1. The lowest BCUT2D eigenvalue weighted by molar-refractivity contribution is 0.0967. The summed E-state index contributed by atoms with van der Waals surface area (Å²) in [4.78, 5) is 11.7. The van der Waals surface area contributed by atoms with Crippen molar-refractivity contribution in [2.75, 3.05) is 5.75 Å². The molecule has 0 spiro atoms. The largest absolute Gasteiger partial charge is 0.294 e. The Bertz CT molecular complexity index is 418. The maximum Gasteiger partial charge on any atom is 0.165 e. The number of carbonyl (C=O) groups excluding carboxylic acids is 1. The molecule has 1 fully saturated rings. The van der Waals surface area contributed by atoms with Crippen molar-refractivity contribution < 1.29 is 4.79 Å². The topological polar surface area (TPSA) is 17.1 Å². The van der Waals surface area contributed by atoms with E-state index in [0.29, 0.717) is 11.7 Å². The number of hydrogen-bond donors (Lipinski definition) is 1. The standard InChI is InChI=1S/C13H12OS/c14-13(12-7-8-12)11-5-3-10(4-6-11)2-1-9-15/h3-6,12,15H,7-9H2. The quantitative estimate of drug-likeness (QED) is 0.457. The molecule has 2 rings (SSSR count). The van der Waals surface area contributed by atoms with Gasteiger partial charge in [-0.15, -0.1) is 0 Å². The highest BCUT2D eigenvalue weighted by Gasteiger charge is 2.30. The molecular weight excluding hydrogens is 204 g/mol. The van der Waals surface area contributed by atoms with Crippen molar-refractivity contribution in [2.24, 2.45) is 5.92 Å². The first-order valence-corrected chi connectivity index (χ1v) is 5.68. The highest BCUT2D eigenvalue weighted by Crippen LogP contribution is 2.32. The zero-order valence-electron chi connectivity index (χ0n) is 8.36. The van der Waals surface area contributed by atoms with Crippen molar-refractivity contribution in [2.45, 2.75) is 12.8 Å². The van der Waals surface area contributed by atoms with Crippen LogP contribution >= 0.6 is 12.6 Å². The summed E-state index contributed by atoms with van der Waals surface area (Å²) in [6.45, 7) is 0. The second kappa shape index (κ2) is 4.55. The molecule has 0 aromatic heterocycles. The van der Waals surface area contributed by atoms with Crippen molar-refractivity contribution >= 4 is 18.4 Å². The molecule has 1 aromatic rings. The predicted octanol–water partition coefficient (Wildman–Crippen LogP) is 2.56. The van der Waals surface area contributed by atoms with Crippen molar-refractivity contribution in [3.63, 3.8) is 0 Å².